The van der Waals surface area contributed by atoms with E-state index < -0.39 is 11.7 Å². The Balaban J connectivity index is 0.000000202. The number of terminal acetylenes is 1. The third kappa shape index (κ3) is 6.29. The van der Waals surface area contributed by atoms with Gasteiger partial charge in [-0.3, -0.25) is 0 Å². The minimum atomic E-state index is -0.476. The van der Waals surface area contributed by atoms with Crippen LogP contribution in [0, 0.1) is 12.3 Å². The molecule has 0 radical (unpaired) electrons. The number of hydrogen-bond donors (Lipinski definition) is 1. The van der Waals surface area contributed by atoms with Gasteiger partial charge in [0.15, 0.2) is 0 Å². The molecule has 3 heteroatoms. The average Bonchev–Trinajstić information content (AvgIpc) is 2.83. The zero-order chi connectivity index (χ0) is 15.0. The lowest BCUT2D eigenvalue weighted by atomic mass is 10.1. The molecular formula is C17H23NO2. The van der Waals surface area contributed by atoms with Crippen molar-refractivity contribution in [3.63, 3.8) is 0 Å². The van der Waals surface area contributed by atoms with Crippen molar-refractivity contribution < 1.29 is 9.53 Å². The number of carbonyl (C=O) groups is 1. The van der Waals surface area contributed by atoms with Gasteiger partial charge in [-0.05, 0) is 51.2 Å². The molecule has 1 aromatic rings. The fraction of sp³-hybridized carbons (Fsp3) is 0.471. The van der Waals surface area contributed by atoms with Crippen LogP contribution in [-0.4, -0.2) is 18.2 Å². The molecule has 1 amide bonds. The largest absolute Gasteiger partial charge is 0.444 e. The van der Waals surface area contributed by atoms with Gasteiger partial charge in [0.2, 0.25) is 0 Å². The summed E-state index contributed by atoms with van der Waals surface area (Å²) >= 11 is 0. The highest BCUT2D eigenvalue weighted by Gasteiger charge is 2.14. The fourth-order valence-corrected chi connectivity index (χ4v) is 1.95. The standard InChI is InChI=1S/C9H10.C8H13NO2/c1-2-5-9-7-3-6-8(9)4-1;1-5-6-9-7(10)11-8(2,3)4/h1-2,4-5H,3,6-7H2;1H,6H2,2-4H3,(H,9,10). The Labute approximate surface area is 121 Å². The topological polar surface area (TPSA) is 38.3 Å². The van der Waals surface area contributed by atoms with Gasteiger partial charge in [-0.2, -0.15) is 0 Å². The Morgan fingerprint density at radius 1 is 1.30 bits per heavy atom. The minimum Gasteiger partial charge on any atom is -0.444 e. The number of hydrogen-bond acceptors (Lipinski definition) is 2. The Morgan fingerprint density at radius 2 is 1.85 bits per heavy atom. The minimum absolute atomic E-state index is 0.203. The van der Waals surface area contributed by atoms with Gasteiger partial charge in [0.25, 0.3) is 0 Å². The molecule has 3 nitrogen and oxygen atoms in total. The number of fused-ring (bicyclic) bond motifs is 1. The molecule has 0 spiro atoms. The third-order valence-corrected chi connectivity index (χ3v) is 2.74. The molecule has 1 aromatic carbocycles. The van der Waals surface area contributed by atoms with E-state index in [0.29, 0.717) is 0 Å². The van der Waals surface area contributed by atoms with E-state index in [2.05, 4.69) is 35.5 Å². The second kappa shape index (κ2) is 7.59. The molecule has 2 rings (SSSR count). The maximum absolute atomic E-state index is 10.8. The fourth-order valence-electron chi connectivity index (χ4n) is 1.95. The van der Waals surface area contributed by atoms with Gasteiger partial charge in [0.1, 0.15) is 5.60 Å². The lowest BCUT2D eigenvalue weighted by molar-refractivity contribution is 0.0535. The van der Waals surface area contributed by atoms with Crippen LogP contribution in [0.4, 0.5) is 4.79 Å². The zero-order valence-electron chi connectivity index (χ0n) is 12.5. The number of aryl methyl sites for hydroxylation is 2. The van der Waals surface area contributed by atoms with Crippen LogP contribution < -0.4 is 5.32 Å². The quantitative estimate of drug-likeness (QED) is 0.797. The van der Waals surface area contributed by atoms with E-state index in [1.54, 1.807) is 31.9 Å². The first kappa shape index (κ1) is 16.1. The SMILES string of the molecule is C#CCNC(=O)OC(C)(C)C.c1ccc2c(c1)CCC2. The highest BCUT2D eigenvalue weighted by Crippen LogP contribution is 2.20. The Bertz CT molecular complexity index is 457. The molecule has 0 saturated carbocycles. The van der Waals surface area contributed by atoms with Crippen molar-refractivity contribution in [2.45, 2.75) is 45.6 Å². The number of benzene rings is 1. The number of carbonyl (C=O) groups excluding carboxylic acids is 1. The van der Waals surface area contributed by atoms with E-state index >= 15 is 0 Å². The van der Waals surface area contributed by atoms with Gasteiger partial charge in [-0.15, -0.1) is 6.42 Å². The van der Waals surface area contributed by atoms with Gasteiger partial charge < -0.3 is 10.1 Å². The zero-order valence-corrected chi connectivity index (χ0v) is 12.5. The van der Waals surface area contributed by atoms with E-state index in [-0.39, 0.29) is 6.54 Å². The smallest absolute Gasteiger partial charge is 0.408 e. The van der Waals surface area contributed by atoms with E-state index in [9.17, 15) is 4.79 Å². The molecule has 0 aliphatic heterocycles. The number of nitrogens with one attached hydrogen (secondary N) is 1. The van der Waals surface area contributed by atoms with Crippen LogP contribution in [0.5, 0.6) is 0 Å². The van der Waals surface area contributed by atoms with Gasteiger partial charge in [0, 0.05) is 0 Å². The molecule has 108 valence electrons. The van der Waals surface area contributed by atoms with Crippen LogP contribution in [0.1, 0.15) is 38.3 Å². The number of ether oxygens (including phenoxy) is 1. The highest BCUT2D eigenvalue weighted by molar-refractivity contribution is 5.67. The van der Waals surface area contributed by atoms with Crippen LogP contribution >= 0.6 is 0 Å². The van der Waals surface area contributed by atoms with Crippen molar-refractivity contribution in [3.05, 3.63) is 35.4 Å². The second-order valence-electron chi connectivity index (χ2n) is 5.68. The predicted molar refractivity (Wildman–Crippen MR) is 81.5 cm³/mol. The molecule has 0 atom stereocenters. The molecule has 1 N–H and O–H groups in total. The van der Waals surface area contributed by atoms with Crippen LogP contribution in [0.2, 0.25) is 0 Å². The van der Waals surface area contributed by atoms with E-state index in [4.69, 9.17) is 11.2 Å². The summed E-state index contributed by atoms with van der Waals surface area (Å²) in [4.78, 5) is 10.8. The first-order valence-corrected chi connectivity index (χ1v) is 6.89. The Hall–Kier alpha value is -1.95. The average molecular weight is 273 g/mol. The van der Waals surface area contributed by atoms with Gasteiger partial charge in [-0.25, -0.2) is 4.79 Å². The maximum atomic E-state index is 10.8. The maximum Gasteiger partial charge on any atom is 0.408 e. The predicted octanol–water partition coefficient (Wildman–Crippen LogP) is 3.32. The van der Waals surface area contributed by atoms with Crippen LogP contribution in [0.15, 0.2) is 24.3 Å². The summed E-state index contributed by atoms with van der Waals surface area (Å²) < 4.78 is 4.89. The van der Waals surface area contributed by atoms with Crippen LogP contribution in [0.3, 0.4) is 0 Å². The van der Waals surface area contributed by atoms with Gasteiger partial charge in [0.05, 0.1) is 6.54 Å². The molecular weight excluding hydrogens is 250 g/mol. The summed E-state index contributed by atoms with van der Waals surface area (Å²) in [5, 5.41) is 2.39. The third-order valence-electron chi connectivity index (χ3n) is 2.74. The molecule has 0 fully saturated rings. The van der Waals surface area contributed by atoms with Crippen molar-refractivity contribution in [2.24, 2.45) is 0 Å². The normalized spacial score (nSPS) is 12.5. The summed E-state index contributed by atoms with van der Waals surface area (Å²) in [5.41, 5.74) is 2.67. The summed E-state index contributed by atoms with van der Waals surface area (Å²) in [5.74, 6) is 2.27. The van der Waals surface area contributed by atoms with Crippen molar-refractivity contribution in [2.75, 3.05) is 6.54 Å². The second-order valence-corrected chi connectivity index (χ2v) is 5.68. The van der Waals surface area contributed by atoms with Crippen LogP contribution in [0.25, 0.3) is 0 Å². The summed E-state index contributed by atoms with van der Waals surface area (Å²) in [6, 6.07) is 8.74. The van der Waals surface area contributed by atoms with Gasteiger partial charge >= 0.3 is 6.09 Å². The molecule has 0 saturated heterocycles. The molecule has 0 aromatic heterocycles. The molecule has 20 heavy (non-hydrogen) atoms. The summed E-state index contributed by atoms with van der Waals surface area (Å²) in [6.07, 6.45) is 8.41. The van der Waals surface area contributed by atoms with Crippen LogP contribution in [-0.2, 0) is 17.6 Å². The first-order valence-electron chi connectivity index (χ1n) is 6.89. The van der Waals surface area contributed by atoms with Crippen molar-refractivity contribution in [1.29, 1.82) is 0 Å². The highest BCUT2D eigenvalue weighted by atomic mass is 16.6. The molecule has 1 aliphatic carbocycles. The van der Waals surface area contributed by atoms with E-state index in [0.717, 1.165) is 0 Å². The first-order chi connectivity index (χ1) is 9.42. The van der Waals surface area contributed by atoms with E-state index in [1.165, 1.54) is 19.3 Å². The van der Waals surface area contributed by atoms with Gasteiger partial charge in [-0.1, -0.05) is 30.2 Å². The lowest BCUT2D eigenvalue weighted by Crippen LogP contribution is -2.32. The summed E-state index contributed by atoms with van der Waals surface area (Å²) in [6.45, 7) is 5.59. The monoisotopic (exact) mass is 273 g/mol. The molecule has 0 bridgehead atoms. The number of amides is 1. The Kier molecular flexibility index (Phi) is 6.11. The number of alkyl carbamates (subject to hydrolysis) is 1. The van der Waals surface area contributed by atoms with Crippen molar-refractivity contribution in [1.82, 2.24) is 5.32 Å². The van der Waals surface area contributed by atoms with Crippen molar-refractivity contribution in [3.8, 4) is 12.3 Å². The summed E-state index contributed by atoms with van der Waals surface area (Å²) in [7, 11) is 0. The molecule has 1 aliphatic rings. The van der Waals surface area contributed by atoms with E-state index in [1.807, 2.05) is 0 Å². The molecule has 0 unspecified atom stereocenters. The van der Waals surface area contributed by atoms with Crippen molar-refractivity contribution >= 4 is 6.09 Å². The lowest BCUT2D eigenvalue weighted by Gasteiger charge is -2.18. The Morgan fingerprint density at radius 3 is 2.30 bits per heavy atom. The molecule has 0 heterocycles. The number of rotatable bonds is 1.